The molecular weight excluding hydrogens is 294 g/mol. The summed E-state index contributed by atoms with van der Waals surface area (Å²) in [6.07, 6.45) is 0.437. The summed E-state index contributed by atoms with van der Waals surface area (Å²) in [5.74, 6) is -5.89. The van der Waals surface area contributed by atoms with E-state index in [2.05, 4.69) is 4.98 Å². The van der Waals surface area contributed by atoms with Crippen molar-refractivity contribution in [1.82, 2.24) is 9.88 Å². The first-order chi connectivity index (χ1) is 10.3. The van der Waals surface area contributed by atoms with E-state index in [1.54, 1.807) is 25.3 Å². The number of hydrogen-bond donors (Lipinski definition) is 1. The Morgan fingerprint density at radius 2 is 2.18 bits per heavy atom. The van der Waals surface area contributed by atoms with Crippen molar-refractivity contribution >= 4 is 11.9 Å². The Bertz CT molecular complexity index is 578. The predicted octanol–water partition coefficient (Wildman–Crippen LogP) is 2.35. The summed E-state index contributed by atoms with van der Waals surface area (Å²) in [6, 6.07) is 3.24. The fraction of sp³-hybridized carbons (Fsp3) is 0.533. The maximum absolute atomic E-state index is 14.0. The molecule has 1 amide bonds. The molecule has 0 radical (unpaired) electrons. The first-order valence-corrected chi connectivity index (χ1v) is 7.12. The molecule has 0 aromatic carbocycles. The van der Waals surface area contributed by atoms with Crippen LogP contribution in [0.3, 0.4) is 0 Å². The minimum absolute atomic E-state index is 0.0235. The minimum Gasteiger partial charge on any atom is -0.481 e. The number of aromatic nitrogens is 1. The lowest BCUT2D eigenvalue weighted by Gasteiger charge is -2.22. The van der Waals surface area contributed by atoms with Crippen LogP contribution in [-0.2, 0) is 4.79 Å². The highest BCUT2D eigenvalue weighted by molar-refractivity contribution is 5.95. The molecule has 1 fully saturated rings. The normalized spacial score (nSPS) is 21.2. The molecule has 7 heteroatoms. The quantitative estimate of drug-likeness (QED) is 0.930. The second-order valence-corrected chi connectivity index (χ2v) is 5.52. The van der Waals surface area contributed by atoms with E-state index in [-0.39, 0.29) is 25.4 Å². The van der Waals surface area contributed by atoms with E-state index >= 15 is 0 Å². The monoisotopic (exact) mass is 312 g/mol. The number of rotatable bonds is 3. The van der Waals surface area contributed by atoms with Crippen LogP contribution in [0.4, 0.5) is 8.78 Å². The van der Waals surface area contributed by atoms with Crippen molar-refractivity contribution in [1.29, 1.82) is 0 Å². The number of alkyl halides is 2. The van der Waals surface area contributed by atoms with Crippen molar-refractivity contribution in [2.45, 2.75) is 32.1 Å². The summed E-state index contributed by atoms with van der Waals surface area (Å²) in [6.45, 7) is 1.73. The molecule has 2 rings (SSSR count). The number of nitrogens with zero attached hydrogens (tertiary/aromatic N) is 2. The number of halogens is 2. The number of carbonyl (C=O) groups excluding carboxylic acids is 1. The number of carboxylic acids is 1. The number of pyridine rings is 1. The maximum Gasteiger partial charge on any atom is 0.303 e. The Kier molecular flexibility index (Phi) is 4.73. The van der Waals surface area contributed by atoms with Gasteiger partial charge in [0.2, 0.25) is 0 Å². The van der Waals surface area contributed by atoms with Gasteiger partial charge >= 0.3 is 5.97 Å². The largest absolute Gasteiger partial charge is 0.481 e. The zero-order chi connectivity index (χ0) is 16.3. The third-order valence-corrected chi connectivity index (χ3v) is 4.01. The van der Waals surface area contributed by atoms with E-state index in [0.29, 0.717) is 11.3 Å². The number of amides is 1. The van der Waals surface area contributed by atoms with Gasteiger partial charge in [-0.1, -0.05) is 0 Å². The fourth-order valence-corrected chi connectivity index (χ4v) is 2.67. The molecule has 1 aromatic rings. The summed E-state index contributed by atoms with van der Waals surface area (Å²) in [4.78, 5) is 28.6. The van der Waals surface area contributed by atoms with Gasteiger partial charge in [-0.05, 0) is 25.5 Å². The Labute approximate surface area is 127 Å². The average molecular weight is 312 g/mol. The van der Waals surface area contributed by atoms with Gasteiger partial charge in [0.15, 0.2) is 0 Å². The van der Waals surface area contributed by atoms with Crippen LogP contribution in [-0.4, -0.2) is 45.9 Å². The highest BCUT2D eigenvalue weighted by Crippen LogP contribution is 2.36. The van der Waals surface area contributed by atoms with E-state index in [1.165, 1.54) is 4.90 Å². The van der Waals surface area contributed by atoms with E-state index in [1.807, 2.05) is 0 Å². The molecule has 1 aromatic heterocycles. The van der Waals surface area contributed by atoms with Gasteiger partial charge in [0.05, 0.1) is 12.0 Å². The number of carboxylic acid groups (broad SMARTS) is 1. The molecule has 1 unspecified atom stereocenters. The summed E-state index contributed by atoms with van der Waals surface area (Å²) in [5.41, 5.74) is 0.938. The molecule has 1 N–H and O–H groups in total. The minimum atomic E-state index is -3.07. The van der Waals surface area contributed by atoms with E-state index in [0.717, 1.165) is 0 Å². The topological polar surface area (TPSA) is 70.5 Å². The van der Waals surface area contributed by atoms with E-state index in [4.69, 9.17) is 5.11 Å². The molecule has 1 saturated heterocycles. The average Bonchev–Trinajstić information content (AvgIpc) is 2.58. The zero-order valence-corrected chi connectivity index (χ0v) is 12.3. The molecule has 0 spiro atoms. The van der Waals surface area contributed by atoms with Crippen LogP contribution < -0.4 is 0 Å². The summed E-state index contributed by atoms with van der Waals surface area (Å²) in [7, 11) is 0. The Hall–Kier alpha value is -2.05. The molecule has 0 bridgehead atoms. The van der Waals surface area contributed by atoms with Crippen LogP contribution in [0, 0.1) is 12.8 Å². The molecule has 1 aliphatic heterocycles. The van der Waals surface area contributed by atoms with Crippen molar-refractivity contribution in [2.24, 2.45) is 5.92 Å². The highest BCUT2D eigenvalue weighted by Gasteiger charge is 2.43. The second-order valence-electron chi connectivity index (χ2n) is 5.52. The fourth-order valence-electron chi connectivity index (χ4n) is 2.67. The van der Waals surface area contributed by atoms with Crippen molar-refractivity contribution in [2.75, 3.05) is 13.1 Å². The van der Waals surface area contributed by atoms with Gasteiger partial charge in [-0.25, -0.2) is 8.78 Å². The van der Waals surface area contributed by atoms with Crippen molar-refractivity contribution in [3.63, 3.8) is 0 Å². The van der Waals surface area contributed by atoms with Gasteiger partial charge in [0.25, 0.3) is 11.8 Å². The van der Waals surface area contributed by atoms with Crippen molar-refractivity contribution in [3.05, 3.63) is 29.6 Å². The lowest BCUT2D eigenvalue weighted by molar-refractivity contribution is -0.143. The van der Waals surface area contributed by atoms with Gasteiger partial charge in [0, 0.05) is 37.3 Å². The van der Waals surface area contributed by atoms with Crippen molar-refractivity contribution < 1.29 is 23.5 Å². The van der Waals surface area contributed by atoms with Gasteiger partial charge in [-0.15, -0.1) is 0 Å². The number of hydrogen-bond acceptors (Lipinski definition) is 3. The van der Waals surface area contributed by atoms with Gasteiger partial charge in [-0.3, -0.25) is 14.6 Å². The third kappa shape index (κ3) is 3.58. The lowest BCUT2D eigenvalue weighted by Crippen LogP contribution is -2.33. The SMILES string of the molecule is Cc1ncccc1C(=O)N1CCC(CC(=O)O)C(F)(F)CC1. The zero-order valence-electron chi connectivity index (χ0n) is 12.3. The summed E-state index contributed by atoms with van der Waals surface area (Å²) < 4.78 is 28.0. The van der Waals surface area contributed by atoms with Crippen LogP contribution >= 0.6 is 0 Å². The van der Waals surface area contributed by atoms with Crippen LogP contribution in [0.15, 0.2) is 18.3 Å². The van der Waals surface area contributed by atoms with Crippen LogP contribution in [0.5, 0.6) is 0 Å². The van der Waals surface area contributed by atoms with Gasteiger partial charge in [0.1, 0.15) is 0 Å². The molecular formula is C15H18F2N2O3. The molecule has 0 saturated carbocycles. The Morgan fingerprint density at radius 1 is 1.45 bits per heavy atom. The predicted molar refractivity (Wildman–Crippen MR) is 74.8 cm³/mol. The molecule has 1 atom stereocenters. The van der Waals surface area contributed by atoms with Gasteiger partial charge in [-0.2, -0.15) is 0 Å². The molecule has 2 heterocycles. The lowest BCUT2D eigenvalue weighted by atomic mass is 9.93. The summed E-state index contributed by atoms with van der Waals surface area (Å²) >= 11 is 0. The smallest absolute Gasteiger partial charge is 0.303 e. The van der Waals surface area contributed by atoms with E-state index in [9.17, 15) is 18.4 Å². The molecule has 22 heavy (non-hydrogen) atoms. The van der Waals surface area contributed by atoms with E-state index < -0.39 is 30.7 Å². The molecule has 120 valence electrons. The van der Waals surface area contributed by atoms with Gasteiger partial charge < -0.3 is 10.0 Å². The summed E-state index contributed by atoms with van der Waals surface area (Å²) in [5, 5.41) is 8.76. The number of aliphatic carboxylic acids is 1. The number of likely N-dealkylation sites (tertiary alicyclic amines) is 1. The van der Waals surface area contributed by atoms with Crippen LogP contribution in [0.2, 0.25) is 0 Å². The second kappa shape index (κ2) is 6.37. The number of aryl methyl sites for hydroxylation is 1. The Morgan fingerprint density at radius 3 is 2.82 bits per heavy atom. The molecule has 1 aliphatic rings. The van der Waals surface area contributed by atoms with Crippen LogP contribution in [0.1, 0.15) is 35.3 Å². The maximum atomic E-state index is 14.0. The van der Waals surface area contributed by atoms with Crippen LogP contribution in [0.25, 0.3) is 0 Å². The third-order valence-electron chi connectivity index (χ3n) is 4.01. The van der Waals surface area contributed by atoms with Crippen molar-refractivity contribution in [3.8, 4) is 0 Å². The Balaban J connectivity index is 2.14. The molecule has 5 nitrogen and oxygen atoms in total. The highest BCUT2D eigenvalue weighted by atomic mass is 19.3. The molecule has 0 aliphatic carbocycles. The number of carbonyl (C=O) groups is 2. The first-order valence-electron chi connectivity index (χ1n) is 7.12. The first kappa shape index (κ1) is 16.3. The standard InChI is InChI=1S/C15H18F2N2O3/c1-10-12(3-2-6-18-10)14(22)19-7-4-11(9-13(20)21)15(16,17)5-8-19/h2-3,6,11H,4-5,7-9H2,1H3,(H,20,21).